The molecule has 0 aliphatic rings. The minimum Gasteiger partial charge on any atom is -0.491 e. The summed E-state index contributed by atoms with van der Waals surface area (Å²) in [6.45, 7) is 4.02. The highest BCUT2D eigenvalue weighted by Gasteiger charge is 2.23. The SMILES string of the molecule is CNCC#Cc1ccc(OCCCc2sc(N(CCCC(O)CN(C)CCP)C(=N)/C=C(/C)C(N)=Nc3nc4ccccc4s3)nc2C(=O)O)c(F)c1. The Morgan fingerprint density at radius 2 is 2.02 bits per heavy atom. The number of hydrogen-bond donors (Lipinski definition) is 5. The fraction of sp³-hybridized carbons (Fsp3) is 0.378. The van der Waals surface area contributed by atoms with Crippen molar-refractivity contribution < 1.29 is 24.1 Å². The van der Waals surface area contributed by atoms with Gasteiger partial charge in [-0.3, -0.25) is 5.41 Å². The highest BCUT2D eigenvalue weighted by Crippen LogP contribution is 2.30. The third-order valence-electron chi connectivity index (χ3n) is 7.85. The number of hydrogen-bond acceptors (Lipinski definition) is 11. The number of benzene rings is 2. The van der Waals surface area contributed by atoms with Crippen LogP contribution in [0, 0.1) is 23.1 Å². The van der Waals surface area contributed by atoms with Gasteiger partial charge >= 0.3 is 5.97 Å². The Hall–Kier alpha value is -4.29. The predicted molar refractivity (Wildman–Crippen MR) is 217 cm³/mol. The molecule has 2 unspecified atom stereocenters. The van der Waals surface area contributed by atoms with Crippen molar-refractivity contribution in [1.29, 1.82) is 5.41 Å². The number of halogens is 1. The van der Waals surface area contributed by atoms with Gasteiger partial charge < -0.3 is 35.8 Å². The number of para-hydroxylation sites is 1. The lowest BCUT2D eigenvalue weighted by Gasteiger charge is -2.23. The zero-order valence-corrected chi connectivity index (χ0v) is 32.9. The van der Waals surface area contributed by atoms with E-state index in [-0.39, 0.29) is 29.7 Å². The van der Waals surface area contributed by atoms with Crippen molar-refractivity contribution in [3.63, 3.8) is 0 Å². The molecule has 2 atom stereocenters. The molecule has 0 bridgehead atoms. The number of amidine groups is 2. The predicted octanol–water partition coefficient (Wildman–Crippen LogP) is 5.54. The van der Waals surface area contributed by atoms with Gasteiger partial charge in [0.25, 0.3) is 0 Å². The molecule has 0 radical (unpaired) electrons. The smallest absolute Gasteiger partial charge is 0.355 e. The Balaban J connectivity index is 1.50. The Bertz CT molecular complexity index is 1960. The van der Waals surface area contributed by atoms with Gasteiger partial charge in [0, 0.05) is 30.1 Å². The van der Waals surface area contributed by atoms with E-state index in [1.807, 2.05) is 31.3 Å². The van der Waals surface area contributed by atoms with Crippen LogP contribution in [0.25, 0.3) is 10.2 Å². The van der Waals surface area contributed by atoms with Crippen LogP contribution >= 0.6 is 31.9 Å². The molecule has 282 valence electrons. The van der Waals surface area contributed by atoms with Crippen LogP contribution < -0.4 is 20.7 Å². The molecule has 6 N–H and O–H groups in total. The number of ether oxygens (including phenoxy) is 1. The van der Waals surface area contributed by atoms with E-state index in [9.17, 15) is 19.4 Å². The monoisotopic (exact) mass is 780 g/mol. The third-order valence-corrected chi connectivity index (χ3v) is 10.2. The molecule has 4 aromatic rings. The maximum absolute atomic E-state index is 14.6. The Morgan fingerprint density at radius 1 is 1.23 bits per heavy atom. The molecule has 2 aromatic heterocycles. The van der Waals surface area contributed by atoms with Crippen LogP contribution in [0.5, 0.6) is 5.75 Å². The minimum atomic E-state index is -1.19. The average Bonchev–Trinajstić information content (AvgIpc) is 3.73. The number of nitrogens with one attached hydrogen (secondary N) is 2. The molecule has 2 aromatic carbocycles. The van der Waals surface area contributed by atoms with E-state index in [0.29, 0.717) is 71.6 Å². The maximum atomic E-state index is 14.6. The van der Waals surface area contributed by atoms with Crippen molar-refractivity contribution in [1.82, 2.24) is 20.2 Å². The van der Waals surface area contributed by atoms with E-state index in [1.54, 1.807) is 31.0 Å². The summed E-state index contributed by atoms with van der Waals surface area (Å²) in [6.07, 6.45) is 3.58. The van der Waals surface area contributed by atoms with Crippen molar-refractivity contribution in [2.45, 2.75) is 38.7 Å². The quantitative estimate of drug-likeness (QED) is 0.0268. The molecular formula is C37H46FN8O4PS2. The van der Waals surface area contributed by atoms with Gasteiger partial charge in [-0.1, -0.05) is 35.3 Å². The van der Waals surface area contributed by atoms with E-state index in [0.717, 1.165) is 22.9 Å². The summed E-state index contributed by atoms with van der Waals surface area (Å²) in [5, 5.41) is 33.5. The first-order valence-corrected chi connectivity index (χ1v) is 19.5. The number of fused-ring (bicyclic) bond motifs is 1. The number of carbonyl (C=O) groups is 1. The molecule has 0 spiro atoms. The molecule has 4 rings (SSSR count). The van der Waals surface area contributed by atoms with E-state index >= 15 is 0 Å². The number of aliphatic hydroxyl groups is 1. The normalized spacial score (nSPS) is 12.5. The van der Waals surface area contributed by atoms with Gasteiger partial charge in [0.2, 0.25) is 5.13 Å². The van der Waals surface area contributed by atoms with Gasteiger partial charge in [-0.05, 0) is 94.8 Å². The lowest BCUT2D eigenvalue weighted by molar-refractivity contribution is 0.0690. The van der Waals surface area contributed by atoms with Crippen LogP contribution in [0.15, 0.2) is 59.1 Å². The lowest BCUT2D eigenvalue weighted by Crippen LogP contribution is -2.33. The minimum absolute atomic E-state index is 0.0368. The number of aliphatic hydroxyl groups excluding tert-OH is 1. The fourth-order valence-electron chi connectivity index (χ4n) is 5.16. The molecule has 0 aliphatic carbocycles. The number of thiazole rings is 2. The molecule has 0 saturated heterocycles. The number of nitrogens with two attached hydrogens (primary N) is 1. The fourth-order valence-corrected chi connectivity index (χ4v) is 7.58. The van der Waals surface area contributed by atoms with Gasteiger partial charge in [-0.2, -0.15) is 0 Å². The van der Waals surface area contributed by atoms with Gasteiger partial charge in [-0.15, -0.1) is 20.6 Å². The first-order chi connectivity index (χ1) is 25.5. The number of anilines is 1. The number of carboxylic acids is 1. The van der Waals surface area contributed by atoms with Crippen molar-refractivity contribution >= 4 is 70.0 Å². The van der Waals surface area contributed by atoms with Gasteiger partial charge in [0.1, 0.15) is 11.7 Å². The second-order valence-electron chi connectivity index (χ2n) is 12.2. The molecule has 12 nitrogen and oxygen atoms in total. The van der Waals surface area contributed by atoms with Gasteiger partial charge in [0.15, 0.2) is 22.4 Å². The molecule has 53 heavy (non-hydrogen) atoms. The number of aliphatic imine (C=N–C) groups is 1. The number of aryl methyl sites for hydroxylation is 1. The average molecular weight is 781 g/mol. The van der Waals surface area contributed by atoms with Crippen LogP contribution in [0.4, 0.5) is 14.7 Å². The number of carboxylic acid groups (broad SMARTS) is 1. The van der Waals surface area contributed by atoms with E-state index in [4.69, 9.17) is 15.9 Å². The summed E-state index contributed by atoms with van der Waals surface area (Å²) in [7, 11) is 6.41. The number of aromatic nitrogens is 2. The van der Waals surface area contributed by atoms with Gasteiger partial charge in [-0.25, -0.2) is 24.1 Å². The van der Waals surface area contributed by atoms with E-state index in [1.165, 1.54) is 34.8 Å². The van der Waals surface area contributed by atoms with Crippen LogP contribution in [0.3, 0.4) is 0 Å². The highest BCUT2D eigenvalue weighted by molar-refractivity contribution is 7.22. The third kappa shape index (κ3) is 12.7. The lowest BCUT2D eigenvalue weighted by atomic mass is 10.1. The van der Waals surface area contributed by atoms with Crippen LogP contribution in [-0.4, -0.2) is 102 Å². The zero-order valence-electron chi connectivity index (χ0n) is 30.1. The topological polar surface area (TPSA) is 173 Å². The summed E-state index contributed by atoms with van der Waals surface area (Å²) in [6, 6.07) is 12.2. The molecule has 0 aliphatic heterocycles. The summed E-state index contributed by atoms with van der Waals surface area (Å²) < 4.78 is 21.3. The molecule has 2 heterocycles. The largest absolute Gasteiger partial charge is 0.491 e. The Morgan fingerprint density at radius 3 is 2.74 bits per heavy atom. The van der Waals surface area contributed by atoms with Crippen molar-refractivity contribution in [2.75, 3.05) is 57.9 Å². The van der Waals surface area contributed by atoms with Crippen LogP contribution in [0.2, 0.25) is 0 Å². The summed E-state index contributed by atoms with van der Waals surface area (Å²) in [5.41, 5.74) is 8.11. The summed E-state index contributed by atoms with van der Waals surface area (Å²) in [5.74, 6) is 4.36. The van der Waals surface area contributed by atoms with Crippen LogP contribution in [-0.2, 0) is 6.42 Å². The molecule has 0 fully saturated rings. The number of likely N-dealkylation sites (N-methyl/N-ethyl adjacent to an activating group) is 1. The van der Waals surface area contributed by atoms with Crippen LogP contribution in [0.1, 0.15) is 47.1 Å². The van der Waals surface area contributed by atoms with Crippen molar-refractivity contribution in [2.24, 2.45) is 10.7 Å². The first-order valence-electron chi connectivity index (χ1n) is 17.1. The van der Waals surface area contributed by atoms with E-state index in [2.05, 4.69) is 46.3 Å². The Labute approximate surface area is 319 Å². The van der Waals surface area contributed by atoms with Crippen molar-refractivity contribution in [3.8, 4) is 17.6 Å². The highest BCUT2D eigenvalue weighted by atomic mass is 32.1. The molecule has 16 heteroatoms. The molecular weight excluding hydrogens is 735 g/mol. The van der Waals surface area contributed by atoms with Gasteiger partial charge in [0.05, 0.1) is 29.5 Å². The maximum Gasteiger partial charge on any atom is 0.355 e. The zero-order chi connectivity index (χ0) is 38.3. The Kier molecular flexibility index (Phi) is 16.3. The number of rotatable bonds is 19. The number of nitrogens with zero attached hydrogens (tertiary/aromatic N) is 5. The molecule has 0 amide bonds. The summed E-state index contributed by atoms with van der Waals surface area (Å²) >= 11 is 2.58. The summed E-state index contributed by atoms with van der Waals surface area (Å²) in [4.78, 5) is 29.9. The molecule has 0 saturated carbocycles. The van der Waals surface area contributed by atoms with E-state index < -0.39 is 17.9 Å². The first kappa shape index (κ1) is 41.5. The second-order valence-corrected chi connectivity index (χ2v) is 14.8. The second kappa shape index (κ2) is 20.8. The number of aromatic carboxylic acids is 1. The van der Waals surface area contributed by atoms with Crippen molar-refractivity contribution in [3.05, 3.63) is 76.1 Å². The standard InChI is InChI=1S/C37H46FN8O4PS2/c1-24(34(40)44-36-42-28-11-4-5-12-30(28)52-36)21-32(39)46(17-7-10-26(47)23-45(3)18-20-51)37-43-33(35(48)49)31(53-37)13-8-19-50-29-15-14-25(22-27(29)38)9-6-16-41-2/h4-5,11-12,14-15,21-22,26,39,41,47H,7-8,10,13,16-20,23,51H2,1-3H3,(H,48,49)(H2,40,42,44)/b24-21-,39-32?.